The lowest BCUT2D eigenvalue weighted by Crippen LogP contribution is -2.40. The van der Waals surface area contributed by atoms with Gasteiger partial charge < -0.3 is 20.6 Å². The van der Waals surface area contributed by atoms with E-state index in [9.17, 15) is 0 Å². The number of nitrogens with zero attached hydrogens (tertiary/aromatic N) is 3. The van der Waals surface area contributed by atoms with Crippen LogP contribution in [-0.4, -0.2) is 62.4 Å². The normalized spacial score (nSPS) is 17.1. The molecule has 6 nitrogen and oxygen atoms in total. The predicted octanol–water partition coefficient (Wildman–Crippen LogP) is 0.550. The van der Waals surface area contributed by atoms with Crippen LogP contribution in [0.3, 0.4) is 0 Å². The number of oxime groups is 1. The van der Waals surface area contributed by atoms with E-state index in [1.807, 2.05) is 24.3 Å². The minimum absolute atomic E-state index is 0.132. The lowest BCUT2D eigenvalue weighted by molar-refractivity contribution is 0.0393. The number of amidine groups is 1. The molecule has 0 aliphatic carbocycles. The minimum atomic E-state index is 0.132. The van der Waals surface area contributed by atoms with Crippen LogP contribution in [0.5, 0.6) is 0 Å². The first-order valence-corrected chi connectivity index (χ1v) is 6.80. The van der Waals surface area contributed by atoms with Crippen molar-refractivity contribution in [2.75, 3.05) is 51.3 Å². The summed E-state index contributed by atoms with van der Waals surface area (Å²) in [7, 11) is 2.07. The molecule has 1 heterocycles. The van der Waals surface area contributed by atoms with E-state index < -0.39 is 0 Å². The molecule has 1 aliphatic heterocycles. The van der Waals surface area contributed by atoms with Crippen molar-refractivity contribution in [2.24, 2.45) is 10.9 Å². The zero-order valence-corrected chi connectivity index (χ0v) is 11.8. The Labute approximate surface area is 119 Å². The van der Waals surface area contributed by atoms with E-state index in [4.69, 9.17) is 15.7 Å². The molecule has 1 aliphatic rings. The first-order valence-electron chi connectivity index (χ1n) is 6.80. The van der Waals surface area contributed by atoms with Crippen molar-refractivity contribution in [2.45, 2.75) is 0 Å². The van der Waals surface area contributed by atoms with Gasteiger partial charge in [0.2, 0.25) is 0 Å². The van der Waals surface area contributed by atoms with Crippen molar-refractivity contribution in [3.05, 3.63) is 29.8 Å². The Morgan fingerprint density at radius 2 is 2.00 bits per heavy atom. The van der Waals surface area contributed by atoms with Crippen molar-refractivity contribution in [1.82, 2.24) is 4.90 Å². The van der Waals surface area contributed by atoms with E-state index in [1.54, 1.807) is 0 Å². The van der Waals surface area contributed by atoms with Crippen molar-refractivity contribution in [3.8, 4) is 0 Å². The zero-order chi connectivity index (χ0) is 14.4. The second-order valence-corrected chi connectivity index (χ2v) is 4.91. The van der Waals surface area contributed by atoms with E-state index in [1.165, 1.54) is 0 Å². The fraction of sp³-hybridized carbons (Fsp3) is 0.500. The van der Waals surface area contributed by atoms with Crippen molar-refractivity contribution in [3.63, 3.8) is 0 Å². The minimum Gasteiger partial charge on any atom is -0.409 e. The van der Waals surface area contributed by atoms with Gasteiger partial charge in [0.1, 0.15) is 0 Å². The van der Waals surface area contributed by atoms with Crippen molar-refractivity contribution < 1.29 is 9.94 Å². The van der Waals surface area contributed by atoms with Gasteiger partial charge in [-0.2, -0.15) is 0 Å². The number of benzene rings is 1. The molecule has 2 rings (SSSR count). The summed E-state index contributed by atoms with van der Waals surface area (Å²) in [5.74, 6) is 0.132. The van der Waals surface area contributed by atoms with E-state index in [0.717, 1.165) is 50.6 Å². The maximum Gasteiger partial charge on any atom is 0.170 e. The fourth-order valence-corrected chi connectivity index (χ4v) is 2.19. The van der Waals surface area contributed by atoms with Gasteiger partial charge in [0.05, 0.1) is 13.2 Å². The molecule has 1 saturated heterocycles. The lowest BCUT2D eigenvalue weighted by Gasteiger charge is -2.29. The van der Waals surface area contributed by atoms with E-state index in [0.29, 0.717) is 0 Å². The summed E-state index contributed by atoms with van der Waals surface area (Å²) in [4.78, 5) is 4.61. The van der Waals surface area contributed by atoms with Crippen LogP contribution < -0.4 is 10.6 Å². The number of rotatable bonds is 5. The SMILES string of the molecule is CN(CCN1CCOCC1)c1ccc(C(N)=NO)cc1. The highest BCUT2D eigenvalue weighted by molar-refractivity contribution is 5.97. The molecule has 0 bridgehead atoms. The molecule has 0 spiro atoms. The highest BCUT2D eigenvalue weighted by atomic mass is 16.5. The largest absolute Gasteiger partial charge is 0.409 e. The predicted molar refractivity (Wildman–Crippen MR) is 79.5 cm³/mol. The Morgan fingerprint density at radius 1 is 1.35 bits per heavy atom. The Bertz CT molecular complexity index is 441. The Kier molecular flexibility index (Phi) is 5.20. The molecule has 0 radical (unpaired) electrons. The molecule has 20 heavy (non-hydrogen) atoms. The van der Waals surface area contributed by atoms with Gasteiger partial charge in [-0.3, -0.25) is 4.90 Å². The number of anilines is 1. The second kappa shape index (κ2) is 7.12. The average Bonchev–Trinajstić information content (AvgIpc) is 2.53. The van der Waals surface area contributed by atoms with Crippen LogP contribution in [0.2, 0.25) is 0 Å². The molecule has 0 atom stereocenters. The molecule has 0 amide bonds. The number of likely N-dealkylation sites (N-methyl/N-ethyl adjacent to an activating group) is 1. The number of nitrogens with two attached hydrogens (primary N) is 1. The second-order valence-electron chi connectivity index (χ2n) is 4.91. The molecule has 1 fully saturated rings. The third-order valence-electron chi connectivity index (χ3n) is 3.57. The van der Waals surface area contributed by atoms with Gasteiger partial charge in [-0.1, -0.05) is 5.16 Å². The van der Waals surface area contributed by atoms with Gasteiger partial charge in [-0.25, -0.2) is 0 Å². The van der Waals surface area contributed by atoms with Crippen LogP contribution in [0.15, 0.2) is 29.4 Å². The van der Waals surface area contributed by atoms with Gasteiger partial charge in [-0.15, -0.1) is 0 Å². The standard InChI is InChI=1S/C14H22N4O2/c1-17(6-7-18-8-10-20-11-9-18)13-4-2-12(3-5-13)14(15)16-19/h2-5,19H,6-11H2,1H3,(H2,15,16). The summed E-state index contributed by atoms with van der Waals surface area (Å²) in [6.07, 6.45) is 0. The Balaban J connectivity index is 1.87. The van der Waals surface area contributed by atoms with Crippen LogP contribution in [0.25, 0.3) is 0 Å². The Morgan fingerprint density at radius 3 is 2.60 bits per heavy atom. The van der Waals surface area contributed by atoms with Crippen molar-refractivity contribution in [1.29, 1.82) is 0 Å². The van der Waals surface area contributed by atoms with E-state index >= 15 is 0 Å². The van der Waals surface area contributed by atoms with Crippen molar-refractivity contribution >= 4 is 11.5 Å². The van der Waals surface area contributed by atoms with Crippen LogP contribution in [0.1, 0.15) is 5.56 Å². The van der Waals surface area contributed by atoms with Gasteiger partial charge >= 0.3 is 0 Å². The molecule has 3 N–H and O–H groups in total. The van der Waals surface area contributed by atoms with Crippen LogP contribution in [0.4, 0.5) is 5.69 Å². The smallest absolute Gasteiger partial charge is 0.170 e. The quantitative estimate of drug-likeness (QED) is 0.356. The summed E-state index contributed by atoms with van der Waals surface area (Å²) in [6, 6.07) is 7.67. The summed E-state index contributed by atoms with van der Waals surface area (Å²) >= 11 is 0. The summed E-state index contributed by atoms with van der Waals surface area (Å²) in [5, 5.41) is 11.6. The first kappa shape index (κ1) is 14.6. The third kappa shape index (κ3) is 3.85. The molecule has 1 aromatic carbocycles. The molecule has 6 heteroatoms. The molecule has 0 saturated carbocycles. The summed E-state index contributed by atoms with van der Waals surface area (Å²) < 4.78 is 5.34. The first-order chi connectivity index (χ1) is 9.70. The van der Waals surface area contributed by atoms with Crippen LogP contribution in [-0.2, 0) is 4.74 Å². The molecular weight excluding hydrogens is 256 g/mol. The van der Waals surface area contributed by atoms with E-state index in [-0.39, 0.29) is 5.84 Å². The van der Waals surface area contributed by atoms with Gasteiger partial charge in [0, 0.05) is 44.5 Å². The maximum absolute atomic E-state index is 8.63. The maximum atomic E-state index is 8.63. The molecule has 0 aromatic heterocycles. The molecule has 1 aromatic rings. The third-order valence-corrected chi connectivity index (χ3v) is 3.57. The summed E-state index contributed by atoms with van der Waals surface area (Å²) in [5.41, 5.74) is 7.38. The monoisotopic (exact) mass is 278 g/mol. The zero-order valence-electron chi connectivity index (χ0n) is 11.8. The Hall–Kier alpha value is -1.79. The fourth-order valence-electron chi connectivity index (χ4n) is 2.19. The highest BCUT2D eigenvalue weighted by Gasteiger charge is 2.11. The number of hydrogen-bond acceptors (Lipinski definition) is 5. The van der Waals surface area contributed by atoms with E-state index in [2.05, 4.69) is 22.0 Å². The lowest BCUT2D eigenvalue weighted by atomic mass is 10.2. The van der Waals surface area contributed by atoms with Gasteiger partial charge in [-0.05, 0) is 24.3 Å². The van der Waals surface area contributed by atoms with Crippen LogP contribution in [0, 0.1) is 0 Å². The number of ether oxygens (including phenoxy) is 1. The molecular formula is C14H22N4O2. The van der Waals surface area contributed by atoms with Crippen LogP contribution >= 0.6 is 0 Å². The van der Waals surface area contributed by atoms with Gasteiger partial charge in [0.15, 0.2) is 5.84 Å². The van der Waals surface area contributed by atoms with Gasteiger partial charge in [0.25, 0.3) is 0 Å². The highest BCUT2D eigenvalue weighted by Crippen LogP contribution is 2.13. The molecule has 110 valence electrons. The molecule has 0 unspecified atom stereocenters. The number of hydrogen-bond donors (Lipinski definition) is 2. The summed E-state index contributed by atoms with van der Waals surface area (Å²) in [6.45, 7) is 5.67. The topological polar surface area (TPSA) is 74.3 Å². The average molecular weight is 278 g/mol. The number of morpholine rings is 1.